The van der Waals surface area contributed by atoms with Gasteiger partial charge in [-0.05, 0) is 19.3 Å². The van der Waals surface area contributed by atoms with Crippen LogP contribution in [0.3, 0.4) is 0 Å². The van der Waals surface area contributed by atoms with Crippen molar-refractivity contribution in [2.75, 3.05) is 13.2 Å². The first-order chi connectivity index (χ1) is 8.67. The lowest BCUT2D eigenvalue weighted by Crippen LogP contribution is -2.48. The van der Waals surface area contributed by atoms with E-state index in [0.29, 0.717) is 13.2 Å². The molecule has 0 aliphatic heterocycles. The minimum atomic E-state index is -2.51. The summed E-state index contributed by atoms with van der Waals surface area (Å²) in [6, 6.07) is 0.886. The van der Waals surface area contributed by atoms with Crippen molar-refractivity contribution in [1.29, 1.82) is 0 Å². The van der Waals surface area contributed by atoms with E-state index in [9.17, 15) is 0 Å². The van der Waals surface area contributed by atoms with E-state index in [1.807, 2.05) is 6.08 Å². The molecule has 0 saturated carbocycles. The molecule has 0 amide bonds. The molecule has 108 valence electrons. The van der Waals surface area contributed by atoms with Gasteiger partial charge in [0.2, 0.25) is 0 Å². The highest BCUT2D eigenvalue weighted by Gasteiger charge is 2.41. The molecular weight excluding hydrogens is 244 g/mol. The summed E-state index contributed by atoms with van der Waals surface area (Å²) < 4.78 is 18.2. The molecule has 18 heavy (non-hydrogen) atoms. The molecule has 1 unspecified atom stereocenters. The van der Waals surface area contributed by atoms with Crippen LogP contribution in [0, 0.1) is 0 Å². The Morgan fingerprint density at radius 2 is 1.56 bits per heavy atom. The smallest absolute Gasteiger partial charge is 0.373 e. The summed E-state index contributed by atoms with van der Waals surface area (Å²) in [4.78, 5) is 0. The largest absolute Gasteiger partial charge is 0.501 e. The summed E-state index contributed by atoms with van der Waals surface area (Å²) >= 11 is 0. The molecule has 0 aromatic heterocycles. The van der Waals surface area contributed by atoms with E-state index in [-0.39, 0.29) is 6.10 Å². The maximum atomic E-state index is 6.16. The summed E-state index contributed by atoms with van der Waals surface area (Å²) in [5.41, 5.74) is 0. The van der Waals surface area contributed by atoms with Crippen LogP contribution in [0.15, 0.2) is 12.7 Å². The Hall–Kier alpha value is -0.163. The fourth-order valence-electron chi connectivity index (χ4n) is 1.66. The molecular formula is C14H30O3Si. The van der Waals surface area contributed by atoms with E-state index in [1.165, 1.54) is 0 Å². The molecule has 0 bridgehead atoms. The van der Waals surface area contributed by atoms with Gasteiger partial charge < -0.3 is 13.3 Å². The molecule has 0 N–H and O–H groups in total. The van der Waals surface area contributed by atoms with E-state index in [2.05, 4.69) is 34.3 Å². The monoisotopic (exact) mass is 274 g/mol. The van der Waals surface area contributed by atoms with Gasteiger partial charge in [-0.15, -0.1) is 6.58 Å². The van der Waals surface area contributed by atoms with Crippen molar-refractivity contribution in [1.82, 2.24) is 0 Å². The third-order valence-corrected chi connectivity index (χ3v) is 5.67. The lowest BCUT2D eigenvalue weighted by atomic mass is 10.3. The Bertz CT molecular complexity index is 201. The minimum absolute atomic E-state index is 0.0388. The van der Waals surface area contributed by atoms with Crippen molar-refractivity contribution >= 4 is 8.80 Å². The first-order valence-electron chi connectivity index (χ1n) is 7.26. The van der Waals surface area contributed by atoms with Crippen LogP contribution in [0.5, 0.6) is 0 Å². The third kappa shape index (κ3) is 6.68. The SMILES string of the molecule is C=CC(CC)O[Si](CCC)(OCCC)OCCC. The molecule has 0 saturated heterocycles. The van der Waals surface area contributed by atoms with Gasteiger partial charge in [0.05, 0.1) is 6.10 Å². The summed E-state index contributed by atoms with van der Waals surface area (Å²) in [6.45, 7) is 13.7. The van der Waals surface area contributed by atoms with Gasteiger partial charge in [-0.3, -0.25) is 0 Å². The summed E-state index contributed by atoms with van der Waals surface area (Å²) in [7, 11) is -2.51. The Labute approximate surface area is 114 Å². The molecule has 4 heteroatoms. The van der Waals surface area contributed by atoms with Crippen LogP contribution in [0.25, 0.3) is 0 Å². The molecule has 0 spiro atoms. The third-order valence-electron chi connectivity index (χ3n) is 2.60. The fourth-order valence-corrected chi connectivity index (χ4v) is 4.66. The van der Waals surface area contributed by atoms with E-state index in [4.69, 9.17) is 13.3 Å². The van der Waals surface area contributed by atoms with Gasteiger partial charge in [0.1, 0.15) is 0 Å². The molecule has 0 rings (SSSR count). The zero-order chi connectivity index (χ0) is 13.9. The predicted octanol–water partition coefficient (Wildman–Crippen LogP) is 4.17. The van der Waals surface area contributed by atoms with Crippen LogP contribution in [0.2, 0.25) is 6.04 Å². The van der Waals surface area contributed by atoms with Crippen molar-refractivity contribution in [2.45, 2.75) is 65.5 Å². The average molecular weight is 274 g/mol. The summed E-state index contributed by atoms with van der Waals surface area (Å²) in [5, 5.41) is 0. The maximum absolute atomic E-state index is 6.16. The number of hydrogen-bond donors (Lipinski definition) is 0. The minimum Gasteiger partial charge on any atom is -0.373 e. The highest BCUT2D eigenvalue weighted by Crippen LogP contribution is 2.22. The van der Waals surface area contributed by atoms with Gasteiger partial charge in [-0.1, -0.05) is 40.2 Å². The highest BCUT2D eigenvalue weighted by atomic mass is 28.4. The van der Waals surface area contributed by atoms with Crippen molar-refractivity contribution in [2.24, 2.45) is 0 Å². The summed E-state index contributed by atoms with van der Waals surface area (Å²) in [6.07, 6.45) is 5.80. The van der Waals surface area contributed by atoms with E-state index >= 15 is 0 Å². The van der Waals surface area contributed by atoms with Crippen LogP contribution < -0.4 is 0 Å². The van der Waals surface area contributed by atoms with Crippen molar-refractivity contribution < 1.29 is 13.3 Å². The normalized spacial score (nSPS) is 13.6. The standard InChI is InChI=1S/C14H30O3Si/c1-6-11-15-18(13-8-3,16-12-7-2)17-14(9-4)10-5/h9,14H,4,6-8,10-13H2,1-3,5H3. The van der Waals surface area contributed by atoms with Crippen LogP contribution in [0.4, 0.5) is 0 Å². The fraction of sp³-hybridized carbons (Fsp3) is 0.857. The highest BCUT2D eigenvalue weighted by molar-refractivity contribution is 6.60. The van der Waals surface area contributed by atoms with Gasteiger partial charge in [0, 0.05) is 19.3 Å². The van der Waals surface area contributed by atoms with Gasteiger partial charge in [0.25, 0.3) is 0 Å². The second kappa shape index (κ2) is 10.7. The molecule has 0 heterocycles. The molecule has 0 aliphatic carbocycles. The molecule has 0 radical (unpaired) electrons. The Kier molecular flexibility index (Phi) is 10.6. The summed E-state index contributed by atoms with van der Waals surface area (Å²) in [5.74, 6) is 0. The molecule has 1 atom stereocenters. The quantitative estimate of drug-likeness (QED) is 0.395. The van der Waals surface area contributed by atoms with Crippen molar-refractivity contribution in [3.63, 3.8) is 0 Å². The van der Waals surface area contributed by atoms with E-state index in [0.717, 1.165) is 31.7 Å². The molecule has 0 fully saturated rings. The first-order valence-corrected chi connectivity index (χ1v) is 9.19. The van der Waals surface area contributed by atoms with Crippen LogP contribution in [-0.4, -0.2) is 28.1 Å². The van der Waals surface area contributed by atoms with Crippen LogP contribution >= 0.6 is 0 Å². The van der Waals surface area contributed by atoms with Gasteiger partial charge in [-0.25, -0.2) is 0 Å². The topological polar surface area (TPSA) is 27.7 Å². The Morgan fingerprint density at radius 3 is 1.89 bits per heavy atom. The average Bonchev–Trinajstić information content (AvgIpc) is 2.40. The van der Waals surface area contributed by atoms with Crippen molar-refractivity contribution in [3.05, 3.63) is 12.7 Å². The van der Waals surface area contributed by atoms with Gasteiger partial charge in [0.15, 0.2) is 0 Å². The van der Waals surface area contributed by atoms with E-state index in [1.54, 1.807) is 0 Å². The van der Waals surface area contributed by atoms with Gasteiger partial charge >= 0.3 is 8.80 Å². The number of rotatable bonds is 12. The second-order valence-corrected chi connectivity index (χ2v) is 7.11. The molecule has 0 aliphatic rings. The van der Waals surface area contributed by atoms with Crippen LogP contribution in [-0.2, 0) is 13.3 Å². The Morgan fingerprint density at radius 1 is 1.00 bits per heavy atom. The Balaban J connectivity index is 4.72. The maximum Gasteiger partial charge on any atom is 0.501 e. The molecule has 3 nitrogen and oxygen atoms in total. The second-order valence-electron chi connectivity index (χ2n) is 4.43. The zero-order valence-electron chi connectivity index (χ0n) is 12.5. The lowest BCUT2D eigenvalue weighted by Gasteiger charge is -2.32. The lowest BCUT2D eigenvalue weighted by molar-refractivity contribution is 0.0395. The van der Waals surface area contributed by atoms with Crippen molar-refractivity contribution in [3.8, 4) is 0 Å². The number of hydrogen-bond acceptors (Lipinski definition) is 3. The predicted molar refractivity (Wildman–Crippen MR) is 78.7 cm³/mol. The zero-order valence-corrected chi connectivity index (χ0v) is 13.5. The van der Waals surface area contributed by atoms with Crippen LogP contribution in [0.1, 0.15) is 53.4 Å². The first kappa shape index (κ1) is 17.8. The molecule has 0 aromatic carbocycles. The molecule has 0 aromatic rings. The van der Waals surface area contributed by atoms with Gasteiger partial charge in [-0.2, -0.15) is 0 Å². The van der Waals surface area contributed by atoms with E-state index < -0.39 is 8.80 Å².